The lowest BCUT2D eigenvalue weighted by atomic mass is 10.1. The standard InChI is InChI=1S/C15H16BrN3O/c1-9-7-14(19(2)18-9)17-15(20)12-8-11(12)10-5-3-4-6-13(10)16/h3-7,11-12H,8H2,1-2H3,(H,17,20)/t11-,12-/m1/s1. The fourth-order valence-electron chi connectivity index (χ4n) is 2.55. The van der Waals surface area contributed by atoms with E-state index in [1.54, 1.807) is 4.68 Å². The molecule has 1 aliphatic rings. The normalized spacial score (nSPS) is 20.8. The number of hydrogen-bond donors (Lipinski definition) is 1. The molecule has 5 heteroatoms. The third kappa shape index (κ3) is 2.50. The molecule has 0 spiro atoms. The Labute approximate surface area is 126 Å². The van der Waals surface area contributed by atoms with Crippen molar-refractivity contribution in [1.82, 2.24) is 9.78 Å². The lowest BCUT2D eigenvalue weighted by Crippen LogP contribution is -2.16. The molecule has 1 N–H and O–H groups in total. The SMILES string of the molecule is Cc1cc(NC(=O)[C@@H]2C[C@@H]2c2ccccc2Br)n(C)n1. The number of rotatable bonds is 3. The Morgan fingerprint density at radius 3 is 2.85 bits per heavy atom. The fourth-order valence-corrected chi connectivity index (χ4v) is 3.13. The van der Waals surface area contributed by atoms with Crippen LogP contribution >= 0.6 is 15.9 Å². The van der Waals surface area contributed by atoms with Crippen LogP contribution in [0.1, 0.15) is 23.6 Å². The number of aryl methyl sites for hydroxylation is 2. The summed E-state index contributed by atoms with van der Waals surface area (Å²) in [6.07, 6.45) is 0.908. The van der Waals surface area contributed by atoms with Crippen molar-refractivity contribution in [1.29, 1.82) is 0 Å². The van der Waals surface area contributed by atoms with Crippen LogP contribution in [0.15, 0.2) is 34.8 Å². The molecule has 104 valence electrons. The Morgan fingerprint density at radius 1 is 1.45 bits per heavy atom. The zero-order valence-electron chi connectivity index (χ0n) is 11.4. The zero-order chi connectivity index (χ0) is 14.3. The van der Waals surface area contributed by atoms with Gasteiger partial charge in [-0.15, -0.1) is 0 Å². The fraction of sp³-hybridized carbons (Fsp3) is 0.333. The molecule has 0 radical (unpaired) electrons. The number of carbonyl (C=O) groups excluding carboxylic acids is 1. The summed E-state index contributed by atoms with van der Waals surface area (Å²) in [6.45, 7) is 1.91. The number of anilines is 1. The number of benzene rings is 1. The molecule has 1 amide bonds. The molecule has 1 fully saturated rings. The van der Waals surface area contributed by atoms with Crippen molar-refractivity contribution < 1.29 is 4.79 Å². The van der Waals surface area contributed by atoms with Crippen molar-refractivity contribution >= 4 is 27.7 Å². The van der Waals surface area contributed by atoms with Gasteiger partial charge in [-0.05, 0) is 30.9 Å². The molecule has 3 rings (SSSR count). The molecule has 20 heavy (non-hydrogen) atoms. The zero-order valence-corrected chi connectivity index (χ0v) is 13.0. The first-order chi connectivity index (χ1) is 9.56. The molecule has 0 saturated heterocycles. The molecule has 0 bridgehead atoms. The average Bonchev–Trinajstić information content (AvgIpc) is 3.12. The summed E-state index contributed by atoms with van der Waals surface area (Å²) in [5, 5.41) is 7.19. The maximum Gasteiger partial charge on any atom is 0.229 e. The van der Waals surface area contributed by atoms with Crippen molar-refractivity contribution in [3.05, 3.63) is 46.1 Å². The average molecular weight is 334 g/mol. The maximum atomic E-state index is 12.3. The molecule has 2 aromatic rings. The van der Waals surface area contributed by atoms with Gasteiger partial charge in [0.25, 0.3) is 0 Å². The number of carbonyl (C=O) groups is 1. The number of halogens is 1. The van der Waals surface area contributed by atoms with Gasteiger partial charge in [0.15, 0.2) is 0 Å². The Kier molecular flexibility index (Phi) is 3.38. The van der Waals surface area contributed by atoms with Crippen LogP contribution in [0, 0.1) is 12.8 Å². The van der Waals surface area contributed by atoms with Crippen LogP contribution in [-0.2, 0) is 11.8 Å². The largest absolute Gasteiger partial charge is 0.311 e. The summed E-state index contributed by atoms with van der Waals surface area (Å²) >= 11 is 3.55. The van der Waals surface area contributed by atoms with Gasteiger partial charge < -0.3 is 5.32 Å². The molecule has 1 aromatic heterocycles. The predicted octanol–water partition coefficient (Wildman–Crippen LogP) is 3.23. The van der Waals surface area contributed by atoms with E-state index in [-0.39, 0.29) is 11.8 Å². The minimum Gasteiger partial charge on any atom is -0.311 e. The molecule has 4 nitrogen and oxygen atoms in total. The topological polar surface area (TPSA) is 46.9 Å². The van der Waals surface area contributed by atoms with Crippen molar-refractivity contribution in [3.63, 3.8) is 0 Å². The van der Waals surface area contributed by atoms with Crippen LogP contribution in [0.5, 0.6) is 0 Å². The molecule has 0 unspecified atom stereocenters. The summed E-state index contributed by atoms with van der Waals surface area (Å²) in [6, 6.07) is 9.98. The highest BCUT2D eigenvalue weighted by Gasteiger charge is 2.44. The first-order valence-corrected chi connectivity index (χ1v) is 7.41. The number of nitrogens with zero attached hydrogens (tertiary/aromatic N) is 2. The minimum absolute atomic E-state index is 0.0592. The Balaban J connectivity index is 1.69. The monoisotopic (exact) mass is 333 g/mol. The van der Waals surface area contributed by atoms with Gasteiger partial charge in [0.1, 0.15) is 5.82 Å². The van der Waals surface area contributed by atoms with Gasteiger partial charge in [-0.1, -0.05) is 34.1 Å². The third-order valence-electron chi connectivity index (χ3n) is 3.69. The summed E-state index contributed by atoms with van der Waals surface area (Å²) in [7, 11) is 1.83. The first-order valence-electron chi connectivity index (χ1n) is 6.62. The highest BCUT2D eigenvalue weighted by atomic mass is 79.9. The Morgan fingerprint density at radius 2 is 2.20 bits per heavy atom. The van der Waals surface area contributed by atoms with Crippen LogP contribution in [0.2, 0.25) is 0 Å². The summed E-state index contributed by atoms with van der Waals surface area (Å²) in [5.74, 6) is 1.21. The minimum atomic E-state index is 0.0592. The van der Waals surface area contributed by atoms with Gasteiger partial charge in [-0.25, -0.2) is 0 Å². The predicted molar refractivity (Wildman–Crippen MR) is 81.6 cm³/mol. The van der Waals surface area contributed by atoms with Crippen molar-refractivity contribution in [3.8, 4) is 0 Å². The molecule has 1 saturated carbocycles. The maximum absolute atomic E-state index is 12.3. The summed E-state index contributed by atoms with van der Waals surface area (Å²) < 4.78 is 2.78. The van der Waals surface area contributed by atoms with Crippen LogP contribution in [0.3, 0.4) is 0 Å². The van der Waals surface area contributed by atoms with E-state index < -0.39 is 0 Å². The van der Waals surface area contributed by atoms with Gasteiger partial charge in [-0.2, -0.15) is 5.10 Å². The van der Waals surface area contributed by atoms with E-state index in [9.17, 15) is 4.79 Å². The highest BCUT2D eigenvalue weighted by molar-refractivity contribution is 9.10. The highest BCUT2D eigenvalue weighted by Crippen LogP contribution is 2.49. The van der Waals surface area contributed by atoms with E-state index in [1.807, 2.05) is 38.2 Å². The lowest BCUT2D eigenvalue weighted by molar-refractivity contribution is -0.117. The molecule has 1 aliphatic carbocycles. The first kappa shape index (κ1) is 13.4. The quantitative estimate of drug-likeness (QED) is 0.937. The Hall–Kier alpha value is -1.62. The van der Waals surface area contributed by atoms with Gasteiger partial charge in [0.2, 0.25) is 5.91 Å². The second kappa shape index (κ2) is 5.05. The Bertz CT molecular complexity index is 665. The second-order valence-electron chi connectivity index (χ2n) is 5.25. The van der Waals surface area contributed by atoms with Crippen LogP contribution < -0.4 is 5.32 Å². The molecule has 2 atom stereocenters. The molecule has 1 aromatic carbocycles. The third-order valence-corrected chi connectivity index (χ3v) is 4.41. The second-order valence-corrected chi connectivity index (χ2v) is 6.11. The number of aromatic nitrogens is 2. The molecule has 1 heterocycles. The number of nitrogens with one attached hydrogen (secondary N) is 1. The van der Waals surface area contributed by atoms with Crippen LogP contribution in [0.4, 0.5) is 5.82 Å². The van der Waals surface area contributed by atoms with Crippen molar-refractivity contribution in [2.24, 2.45) is 13.0 Å². The number of hydrogen-bond acceptors (Lipinski definition) is 2. The summed E-state index contributed by atoms with van der Waals surface area (Å²) in [5.41, 5.74) is 2.12. The van der Waals surface area contributed by atoms with Gasteiger partial charge in [0.05, 0.1) is 5.69 Å². The van der Waals surface area contributed by atoms with Crippen LogP contribution in [-0.4, -0.2) is 15.7 Å². The van der Waals surface area contributed by atoms with E-state index >= 15 is 0 Å². The van der Waals surface area contributed by atoms with Crippen molar-refractivity contribution in [2.45, 2.75) is 19.3 Å². The van der Waals surface area contributed by atoms with Gasteiger partial charge in [-0.3, -0.25) is 9.48 Å². The molecular formula is C15H16BrN3O. The van der Waals surface area contributed by atoms with Crippen LogP contribution in [0.25, 0.3) is 0 Å². The smallest absolute Gasteiger partial charge is 0.229 e. The van der Waals surface area contributed by atoms with Crippen molar-refractivity contribution in [2.75, 3.05) is 5.32 Å². The summed E-state index contributed by atoms with van der Waals surface area (Å²) in [4.78, 5) is 12.3. The van der Waals surface area contributed by atoms with Gasteiger partial charge >= 0.3 is 0 Å². The van der Waals surface area contributed by atoms with E-state index in [1.165, 1.54) is 5.56 Å². The van der Waals surface area contributed by atoms with Gasteiger partial charge in [0, 0.05) is 23.5 Å². The van der Waals surface area contributed by atoms with E-state index in [2.05, 4.69) is 32.4 Å². The van der Waals surface area contributed by atoms with E-state index in [0.717, 1.165) is 22.4 Å². The van der Waals surface area contributed by atoms with E-state index in [4.69, 9.17) is 0 Å². The number of amides is 1. The lowest BCUT2D eigenvalue weighted by Gasteiger charge is -2.06. The van der Waals surface area contributed by atoms with E-state index in [0.29, 0.717) is 5.92 Å². The molecule has 0 aliphatic heterocycles. The molecular weight excluding hydrogens is 318 g/mol.